The lowest BCUT2D eigenvalue weighted by Crippen LogP contribution is -2.49. The largest absolute Gasteiger partial charge is 0.417 e. The number of anilines is 1. The zero-order valence-electron chi connectivity index (χ0n) is 12.6. The number of halogens is 3. The third kappa shape index (κ3) is 3.04. The van der Waals surface area contributed by atoms with Gasteiger partial charge in [0, 0.05) is 12.4 Å². The van der Waals surface area contributed by atoms with Crippen LogP contribution in [0.1, 0.15) is 18.7 Å². The van der Waals surface area contributed by atoms with Gasteiger partial charge in [-0.15, -0.1) is 0 Å². The summed E-state index contributed by atoms with van der Waals surface area (Å²) in [7, 11) is 0. The fourth-order valence-corrected chi connectivity index (χ4v) is 2.34. The van der Waals surface area contributed by atoms with E-state index in [2.05, 4.69) is 20.7 Å². The first kappa shape index (κ1) is 15.8. The Hall–Kier alpha value is -2.07. The minimum absolute atomic E-state index is 0.135. The molecule has 1 aromatic rings. The van der Waals surface area contributed by atoms with Gasteiger partial charge in [-0.2, -0.15) is 18.3 Å². The van der Waals surface area contributed by atoms with E-state index in [1.165, 1.54) is 6.92 Å². The van der Waals surface area contributed by atoms with Crippen LogP contribution in [0.2, 0.25) is 0 Å². The van der Waals surface area contributed by atoms with Gasteiger partial charge in [-0.1, -0.05) is 0 Å². The van der Waals surface area contributed by atoms with Gasteiger partial charge >= 0.3 is 6.18 Å². The van der Waals surface area contributed by atoms with Crippen LogP contribution in [0.3, 0.4) is 0 Å². The molecule has 0 saturated carbocycles. The smallest absolute Gasteiger partial charge is 0.377 e. The molecule has 2 aliphatic heterocycles. The van der Waals surface area contributed by atoms with Gasteiger partial charge in [0.05, 0.1) is 36.2 Å². The van der Waals surface area contributed by atoms with Gasteiger partial charge < -0.3 is 21.1 Å². The minimum atomic E-state index is -4.55. The first-order chi connectivity index (χ1) is 10.7. The lowest BCUT2D eigenvalue weighted by molar-refractivity contribution is -0.100. The molecule has 0 aromatic carbocycles. The second-order valence-corrected chi connectivity index (χ2v) is 5.73. The summed E-state index contributed by atoms with van der Waals surface area (Å²) in [6.07, 6.45) is -1.95. The number of nitrogens with one attached hydrogen (secondary N) is 2. The molecule has 23 heavy (non-hydrogen) atoms. The Morgan fingerprint density at radius 3 is 2.70 bits per heavy atom. The van der Waals surface area contributed by atoms with Crippen molar-refractivity contribution in [1.29, 1.82) is 0 Å². The molecule has 0 spiro atoms. The highest BCUT2D eigenvalue weighted by Gasteiger charge is 2.45. The van der Waals surface area contributed by atoms with E-state index in [-0.39, 0.29) is 12.0 Å². The number of aliphatic imine (C=N–C) groups is 1. The standard InChI is InChI=1S/C13H17F3N6O/c1-7-9(4-22(21-7)8-5-23-6-8)19-11-18-3-10(13(14,15)16)12(2,17)20-11/h3-4,8H,5-6,17H2,1-2H3,(H2,18,19,20). The van der Waals surface area contributed by atoms with E-state index in [1.54, 1.807) is 17.8 Å². The van der Waals surface area contributed by atoms with Crippen LogP contribution in [0.15, 0.2) is 23.0 Å². The summed E-state index contributed by atoms with van der Waals surface area (Å²) in [6.45, 7) is 4.19. The highest BCUT2D eigenvalue weighted by Crippen LogP contribution is 2.34. The average molecular weight is 330 g/mol. The Labute approximate surface area is 130 Å². The van der Waals surface area contributed by atoms with Crippen molar-refractivity contribution < 1.29 is 17.9 Å². The van der Waals surface area contributed by atoms with E-state index in [9.17, 15) is 13.2 Å². The van der Waals surface area contributed by atoms with Crippen LogP contribution in [0.25, 0.3) is 0 Å². The zero-order valence-corrected chi connectivity index (χ0v) is 12.6. The van der Waals surface area contributed by atoms with E-state index in [0.29, 0.717) is 24.6 Å². The lowest BCUT2D eigenvalue weighted by Gasteiger charge is -2.30. The predicted octanol–water partition coefficient (Wildman–Crippen LogP) is 1.26. The number of rotatable bonds is 2. The van der Waals surface area contributed by atoms with E-state index in [1.807, 2.05) is 0 Å². The van der Waals surface area contributed by atoms with Crippen molar-refractivity contribution in [2.24, 2.45) is 10.7 Å². The molecule has 10 heteroatoms. The summed E-state index contributed by atoms with van der Waals surface area (Å²) in [4.78, 5) is 3.91. The molecule has 0 aliphatic carbocycles. The molecule has 0 radical (unpaired) electrons. The maximum Gasteiger partial charge on any atom is 0.417 e. The summed E-state index contributed by atoms with van der Waals surface area (Å²) in [6, 6.07) is 0.182. The van der Waals surface area contributed by atoms with Gasteiger partial charge in [0.2, 0.25) is 5.96 Å². The van der Waals surface area contributed by atoms with Crippen LogP contribution < -0.4 is 16.4 Å². The molecule has 1 atom stereocenters. The Morgan fingerprint density at radius 1 is 1.48 bits per heavy atom. The number of hydrogen-bond acceptors (Lipinski definition) is 6. The van der Waals surface area contributed by atoms with E-state index in [4.69, 9.17) is 10.5 Å². The molecule has 126 valence electrons. The van der Waals surface area contributed by atoms with Crippen LogP contribution in [0, 0.1) is 6.92 Å². The second-order valence-electron chi connectivity index (χ2n) is 5.73. The fraction of sp³-hybridized carbons (Fsp3) is 0.538. The molecule has 3 heterocycles. The highest BCUT2D eigenvalue weighted by atomic mass is 19.4. The van der Waals surface area contributed by atoms with Crippen LogP contribution in [-0.4, -0.2) is 40.8 Å². The average Bonchev–Trinajstić information content (AvgIpc) is 2.65. The maximum atomic E-state index is 12.9. The van der Waals surface area contributed by atoms with E-state index in [0.717, 1.165) is 6.20 Å². The maximum absolute atomic E-state index is 12.9. The van der Waals surface area contributed by atoms with Crippen molar-refractivity contribution in [2.45, 2.75) is 31.7 Å². The summed E-state index contributed by atoms with van der Waals surface area (Å²) in [5, 5.41) is 9.77. The number of guanidine groups is 1. The fourth-order valence-electron chi connectivity index (χ4n) is 2.34. The molecule has 0 amide bonds. The van der Waals surface area contributed by atoms with Crippen molar-refractivity contribution in [1.82, 2.24) is 15.1 Å². The summed E-state index contributed by atoms with van der Waals surface area (Å²) in [5.41, 5.74) is 4.22. The molecular formula is C13H17F3N6O. The number of aryl methyl sites for hydroxylation is 1. The van der Waals surface area contributed by atoms with Crippen molar-refractivity contribution in [3.8, 4) is 0 Å². The summed E-state index contributed by atoms with van der Waals surface area (Å²) < 4.78 is 45.5. The first-order valence-corrected chi connectivity index (χ1v) is 7.00. The molecule has 3 rings (SSSR count). The summed E-state index contributed by atoms with van der Waals surface area (Å²) >= 11 is 0. The molecule has 7 nitrogen and oxygen atoms in total. The van der Waals surface area contributed by atoms with Crippen molar-refractivity contribution in [3.05, 3.63) is 23.7 Å². The third-order valence-electron chi connectivity index (χ3n) is 3.71. The van der Waals surface area contributed by atoms with Gasteiger partial charge in [0.15, 0.2) is 0 Å². The Bertz CT molecular complexity index is 672. The number of hydrogen-bond donors (Lipinski definition) is 3. The second kappa shape index (κ2) is 5.24. The van der Waals surface area contributed by atoms with Crippen molar-refractivity contribution in [2.75, 3.05) is 18.5 Å². The molecular weight excluding hydrogens is 313 g/mol. The molecule has 1 saturated heterocycles. The molecule has 1 unspecified atom stereocenters. The van der Waals surface area contributed by atoms with Crippen LogP contribution in [0.4, 0.5) is 18.9 Å². The topological polar surface area (TPSA) is 89.5 Å². The molecule has 2 aliphatic rings. The van der Waals surface area contributed by atoms with E-state index < -0.39 is 17.4 Å². The van der Waals surface area contributed by atoms with Crippen molar-refractivity contribution >= 4 is 11.6 Å². The third-order valence-corrected chi connectivity index (χ3v) is 3.71. The minimum Gasteiger partial charge on any atom is -0.377 e. The van der Waals surface area contributed by atoms with Gasteiger partial charge in [-0.3, -0.25) is 4.68 Å². The number of nitrogens with two attached hydrogens (primary N) is 1. The number of aromatic nitrogens is 2. The number of alkyl halides is 3. The van der Waals surface area contributed by atoms with Crippen molar-refractivity contribution in [3.63, 3.8) is 0 Å². The van der Waals surface area contributed by atoms with Gasteiger partial charge in [0.1, 0.15) is 5.66 Å². The van der Waals surface area contributed by atoms with Gasteiger partial charge in [-0.05, 0) is 13.8 Å². The zero-order chi connectivity index (χ0) is 16.8. The Kier molecular flexibility index (Phi) is 3.60. The molecule has 1 fully saturated rings. The monoisotopic (exact) mass is 330 g/mol. The highest BCUT2D eigenvalue weighted by molar-refractivity contribution is 5.95. The predicted molar refractivity (Wildman–Crippen MR) is 77.7 cm³/mol. The van der Waals surface area contributed by atoms with Gasteiger partial charge in [0.25, 0.3) is 0 Å². The van der Waals surface area contributed by atoms with E-state index >= 15 is 0 Å². The van der Waals surface area contributed by atoms with Crippen LogP contribution in [0.5, 0.6) is 0 Å². The number of ether oxygens (including phenoxy) is 1. The van der Waals surface area contributed by atoms with Gasteiger partial charge in [-0.25, -0.2) is 4.99 Å². The Morgan fingerprint density at radius 2 is 2.17 bits per heavy atom. The SMILES string of the molecule is Cc1nn(C2COC2)cc1NC1=NC(C)(N)C(C(F)(F)F)=CN1. The quantitative estimate of drug-likeness (QED) is 0.759. The van der Waals surface area contributed by atoms with Crippen LogP contribution >= 0.6 is 0 Å². The summed E-state index contributed by atoms with van der Waals surface area (Å²) in [5.74, 6) is 0.135. The molecule has 0 bridgehead atoms. The lowest BCUT2D eigenvalue weighted by atomic mass is 10.0. The first-order valence-electron chi connectivity index (χ1n) is 7.00. The van der Waals surface area contributed by atoms with Crippen LogP contribution in [-0.2, 0) is 4.74 Å². The molecule has 1 aromatic heterocycles. The normalized spacial score (nSPS) is 25.3. The Balaban J connectivity index is 1.77. The molecule has 4 N–H and O–H groups in total. The number of nitrogens with zero attached hydrogens (tertiary/aromatic N) is 3.